The van der Waals surface area contributed by atoms with Crippen LogP contribution in [-0.4, -0.2) is 21.2 Å². The Morgan fingerprint density at radius 3 is 2.50 bits per heavy atom. The maximum atomic E-state index is 12.6. The molecule has 5 nitrogen and oxygen atoms in total. The molecule has 78 valence electrons. The topological polar surface area (TPSA) is 76.2 Å². The van der Waals surface area contributed by atoms with Gasteiger partial charge < -0.3 is 11.1 Å². The number of carbonyl (C=O) groups is 1. The van der Waals surface area contributed by atoms with E-state index in [9.17, 15) is 9.18 Å². The molecule has 0 bridgehead atoms. The molecule has 0 radical (unpaired) electrons. The molecule has 2 rings (SSSR count). The van der Waals surface area contributed by atoms with E-state index in [1.165, 1.54) is 24.3 Å². The number of hydrogen-bond donors (Lipinski definition) is 1. The van der Waals surface area contributed by atoms with E-state index in [1.807, 2.05) is 0 Å². The van der Waals surface area contributed by atoms with E-state index in [4.69, 9.17) is 5.11 Å². The van der Waals surface area contributed by atoms with Crippen LogP contribution in [0.4, 0.5) is 4.39 Å². The molecule has 0 atom stereocenters. The van der Waals surface area contributed by atoms with Crippen molar-refractivity contribution in [3.63, 3.8) is 0 Å². The number of carboxylic acid groups (broad SMARTS) is 1. The maximum absolute atomic E-state index is 12.6. The third kappa shape index (κ3) is 2.48. The molecule has 1 aromatic carbocycles. The number of benzene rings is 1. The number of aromatic nitrogens is 2. The zero-order valence-corrected chi connectivity index (χ0v) is 8.35. The summed E-state index contributed by atoms with van der Waals surface area (Å²) in [4.78, 5) is 14.1. The van der Waals surface area contributed by atoms with Gasteiger partial charge in [-0.15, -0.1) is 0 Å². The monoisotopic (exact) mass is 216 g/mol. The summed E-state index contributed by atoms with van der Waals surface area (Å²) in [7, 11) is 0. The van der Waals surface area contributed by atoms with Crippen LogP contribution in [0.25, 0.3) is 11.4 Å². The Morgan fingerprint density at radius 1 is 1.38 bits per heavy atom. The summed E-state index contributed by atoms with van der Waals surface area (Å²) >= 11 is 0. The molecule has 0 aliphatic carbocycles. The van der Waals surface area contributed by atoms with Crippen molar-refractivity contribution in [2.45, 2.75) is 0 Å². The SMILES string of the molecule is O=C(O)c1nc(-c2ccc(F)cc2)no1.[H-].[Li+]. The van der Waals surface area contributed by atoms with E-state index < -0.39 is 11.9 Å². The molecule has 1 heterocycles. The van der Waals surface area contributed by atoms with Gasteiger partial charge in [-0.2, -0.15) is 4.98 Å². The second kappa shape index (κ2) is 4.92. The minimum absolute atomic E-state index is 0. The Bertz CT molecular complexity index is 503. The Labute approximate surface area is 103 Å². The number of aromatic carboxylic acids is 1. The third-order valence-electron chi connectivity index (χ3n) is 1.71. The van der Waals surface area contributed by atoms with Crippen LogP contribution in [0, 0.1) is 5.82 Å². The van der Waals surface area contributed by atoms with Gasteiger partial charge >= 0.3 is 30.7 Å². The number of halogens is 1. The second-order valence-electron chi connectivity index (χ2n) is 2.74. The first-order valence-corrected chi connectivity index (χ1v) is 4.00. The van der Waals surface area contributed by atoms with Gasteiger partial charge in [-0.25, -0.2) is 9.18 Å². The van der Waals surface area contributed by atoms with Crippen LogP contribution in [0.15, 0.2) is 28.8 Å². The summed E-state index contributed by atoms with van der Waals surface area (Å²) in [6, 6.07) is 5.33. The van der Waals surface area contributed by atoms with Crippen LogP contribution in [-0.2, 0) is 0 Å². The van der Waals surface area contributed by atoms with Crippen LogP contribution in [0.2, 0.25) is 0 Å². The Kier molecular flexibility index (Phi) is 3.82. The summed E-state index contributed by atoms with van der Waals surface area (Å²) in [5.74, 6) is -2.06. The van der Waals surface area contributed by atoms with Gasteiger partial charge in [0, 0.05) is 5.56 Å². The third-order valence-corrected chi connectivity index (χ3v) is 1.71. The van der Waals surface area contributed by atoms with E-state index in [1.54, 1.807) is 0 Å². The van der Waals surface area contributed by atoms with Gasteiger partial charge in [-0.05, 0) is 24.3 Å². The fourth-order valence-corrected chi connectivity index (χ4v) is 1.03. The number of hydrogen-bond acceptors (Lipinski definition) is 4. The van der Waals surface area contributed by atoms with Gasteiger partial charge in [-0.3, -0.25) is 0 Å². The van der Waals surface area contributed by atoms with Gasteiger partial charge in [0.2, 0.25) is 5.82 Å². The molecule has 0 fully saturated rings. The average Bonchev–Trinajstić information content (AvgIpc) is 2.68. The Morgan fingerprint density at radius 2 is 2.00 bits per heavy atom. The summed E-state index contributed by atoms with van der Waals surface area (Å²) in [5.41, 5.74) is 0.493. The molecule has 7 heteroatoms. The van der Waals surface area contributed by atoms with Crippen LogP contribution < -0.4 is 18.9 Å². The molecular weight excluding hydrogens is 210 g/mol. The first kappa shape index (κ1) is 12.4. The van der Waals surface area contributed by atoms with Crippen molar-refractivity contribution in [3.05, 3.63) is 36.0 Å². The largest absolute Gasteiger partial charge is 1.00 e. The molecule has 0 amide bonds. The predicted molar refractivity (Wildman–Crippen MR) is 47.8 cm³/mol. The van der Waals surface area contributed by atoms with Crippen LogP contribution in [0.5, 0.6) is 0 Å². The van der Waals surface area contributed by atoms with Crippen molar-refractivity contribution < 1.29 is 39.1 Å². The minimum atomic E-state index is -1.30. The minimum Gasteiger partial charge on any atom is -1.00 e. The van der Waals surface area contributed by atoms with E-state index in [2.05, 4.69) is 14.7 Å². The summed E-state index contributed by atoms with van der Waals surface area (Å²) in [5, 5.41) is 12.0. The maximum Gasteiger partial charge on any atom is 1.00 e. The van der Waals surface area contributed by atoms with E-state index in [0.717, 1.165) is 0 Å². The predicted octanol–water partition coefficient (Wildman–Crippen LogP) is -1.31. The zero-order valence-electron chi connectivity index (χ0n) is 9.35. The molecule has 1 N–H and O–H groups in total. The van der Waals surface area contributed by atoms with Crippen LogP contribution in [0.3, 0.4) is 0 Å². The van der Waals surface area contributed by atoms with Gasteiger partial charge in [0.25, 0.3) is 0 Å². The first-order valence-electron chi connectivity index (χ1n) is 4.00. The number of rotatable bonds is 2. The smallest absolute Gasteiger partial charge is 1.00 e. The van der Waals surface area contributed by atoms with Gasteiger partial charge in [-0.1, -0.05) is 5.16 Å². The second-order valence-corrected chi connectivity index (χ2v) is 2.74. The van der Waals surface area contributed by atoms with Gasteiger partial charge in [0.15, 0.2) is 0 Å². The zero-order chi connectivity index (χ0) is 10.8. The van der Waals surface area contributed by atoms with Crippen LogP contribution >= 0.6 is 0 Å². The van der Waals surface area contributed by atoms with E-state index in [0.29, 0.717) is 5.56 Å². The van der Waals surface area contributed by atoms with Crippen molar-refractivity contribution in [1.29, 1.82) is 0 Å². The summed E-state index contributed by atoms with van der Waals surface area (Å²) in [6.45, 7) is 0. The van der Waals surface area contributed by atoms with E-state index >= 15 is 0 Å². The number of carboxylic acids is 1. The molecule has 0 aliphatic heterocycles. The fraction of sp³-hybridized carbons (Fsp3) is 0. The Balaban J connectivity index is 0.00000128. The van der Waals surface area contributed by atoms with Crippen molar-refractivity contribution in [2.75, 3.05) is 0 Å². The normalized spacial score (nSPS) is 9.56. The quantitative estimate of drug-likeness (QED) is 0.631. The van der Waals surface area contributed by atoms with Crippen molar-refractivity contribution in [1.82, 2.24) is 10.1 Å². The average molecular weight is 216 g/mol. The summed E-state index contributed by atoms with van der Waals surface area (Å²) < 4.78 is 17.0. The van der Waals surface area contributed by atoms with Gasteiger partial charge in [0.05, 0.1) is 0 Å². The Hall–Kier alpha value is -1.64. The van der Waals surface area contributed by atoms with Crippen molar-refractivity contribution >= 4 is 5.97 Å². The standard InChI is InChI=1S/C9H5FN2O3.Li.H/c10-6-3-1-5(2-4-6)7-11-8(9(13)14)15-12-7;;/h1-4H,(H,13,14);;/q;+1;-1. The molecule has 16 heavy (non-hydrogen) atoms. The summed E-state index contributed by atoms with van der Waals surface area (Å²) in [6.07, 6.45) is 0. The molecule has 0 unspecified atom stereocenters. The first-order chi connectivity index (χ1) is 7.16. The molecule has 2 aromatic rings. The molecule has 0 aliphatic rings. The molecule has 0 saturated carbocycles. The molecule has 0 saturated heterocycles. The van der Waals surface area contributed by atoms with Crippen molar-refractivity contribution in [3.8, 4) is 11.4 Å². The number of nitrogens with zero attached hydrogens (tertiary/aromatic N) is 2. The molecule has 1 aromatic heterocycles. The van der Waals surface area contributed by atoms with E-state index in [-0.39, 0.29) is 31.9 Å². The molecular formula is C9H6FLiN2O3. The van der Waals surface area contributed by atoms with Gasteiger partial charge in [0.1, 0.15) is 5.82 Å². The fourth-order valence-electron chi connectivity index (χ4n) is 1.03. The molecule has 0 spiro atoms. The van der Waals surface area contributed by atoms with Crippen LogP contribution in [0.1, 0.15) is 12.1 Å². The van der Waals surface area contributed by atoms with Crippen molar-refractivity contribution in [2.24, 2.45) is 0 Å².